The first kappa shape index (κ1) is 12.0. The fourth-order valence-corrected chi connectivity index (χ4v) is 3.89. The summed E-state index contributed by atoms with van der Waals surface area (Å²) >= 11 is 0. The van der Waals surface area contributed by atoms with Gasteiger partial charge in [0.15, 0.2) is 0 Å². The fraction of sp³-hybridized carbons (Fsp3) is 0.625. The van der Waals surface area contributed by atoms with Crippen LogP contribution in [0.1, 0.15) is 49.3 Å². The van der Waals surface area contributed by atoms with E-state index in [1.54, 1.807) is 7.11 Å². The van der Waals surface area contributed by atoms with E-state index in [9.17, 15) is 0 Å². The second kappa shape index (κ2) is 4.27. The Kier molecular flexibility index (Phi) is 2.86. The molecule has 1 aliphatic heterocycles. The number of aryl methyl sites for hydroxylation is 1. The maximum atomic E-state index is 5.46. The van der Waals surface area contributed by atoms with Gasteiger partial charge in [-0.1, -0.05) is 19.8 Å². The summed E-state index contributed by atoms with van der Waals surface area (Å²) in [6.07, 6.45) is 5.33. The summed E-state index contributed by atoms with van der Waals surface area (Å²) in [5.74, 6) is 1.73. The molecule has 0 amide bonds. The molecule has 1 fully saturated rings. The molecule has 3 rings (SSSR count). The molecule has 0 saturated heterocycles. The Balaban J connectivity index is 2.12. The van der Waals surface area contributed by atoms with E-state index in [2.05, 4.69) is 31.3 Å². The van der Waals surface area contributed by atoms with Gasteiger partial charge < -0.3 is 10.1 Å². The molecule has 1 saturated carbocycles. The Morgan fingerprint density at radius 3 is 2.89 bits per heavy atom. The van der Waals surface area contributed by atoms with Crippen molar-refractivity contribution in [1.29, 1.82) is 0 Å². The first-order valence-electron chi connectivity index (χ1n) is 7.10. The fourth-order valence-electron chi connectivity index (χ4n) is 3.89. The summed E-state index contributed by atoms with van der Waals surface area (Å²) in [6.45, 7) is 5.63. The van der Waals surface area contributed by atoms with Gasteiger partial charge >= 0.3 is 0 Å². The Morgan fingerprint density at radius 2 is 2.17 bits per heavy atom. The zero-order valence-electron chi connectivity index (χ0n) is 11.7. The summed E-state index contributed by atoms with van der Waals surface area (Å²) in [7, 11) is 1.76. The Hall–Kier alpha value is -1.02. The van der Waals surface area contributed by atoms with E-state index in [0.29, 0.717) is 0 Å². The van der Waals surface area contributed by atoms with Crippen LogP contribution in [0.4, 0.5) is 0 Å². The highest BCUT2D eigenvalue weighted by Gasteiger charge is 2.44. The number of fused-ring (bicyclic) bond motifs is 2. The summed E-state index contributed by atoms with van der Waals surface area (Å²) in [5, 5.41) is 3.82. The van der Waals surface area contributed by atoms with Crippen LogP contribution in [-0.2, 0) is 12.1 Å². The molecule has 1 aliphatic carbocycles. The van der Waals surface area contributed by atoms with Crippen molar-refractivity contribution in [2.24, 2.45) is 5.92 Å². The van der Waals surface area contributed by atoms with Gasteiger partial charge in [0.05, 0.1) is 7.11 Å². The number of hydrogen-bond acceptors (Lipinski definition) is 2. The minimum absolute atomic E-state index is 0.215. The second-order valence-electron chi connectivity index (χ2n) is 5.94. The van der Waals surface area contributed by atoms with Crippen LogP contribution in [0.5, 0.6) is 5.75 Å². The molecule has 1 spiro atoms. The summed E-state index contributed by atoms with van der Waals surface area (Å²) in [4.78, 5) is 0. The third-order valence-electron chi connectivity index (χ3n) is 5.04. The van der Waals surface area contributed by atoms with Crippen molar-refractivity contribution in [2.75, 3.05) is 7.11 Å². The molecular weight excluding hydrogens is 222 g/mol. The molecule has 2 atom stereocenters. The van der Waals surface area contributed by atoms with Crippen molar-refractivity contribution in [3.63, 3.8) is 0 Å². The van der Waals surface area contributed by atoms with E-state index in [0.717, 1.165) is 18.2 Å². The van der Waals surface area contributed by atoms with Crippen molar-refractivity contribution in [3.8, 4) is 5.75 Å². The molecule has 2 nitrogen and oxygen atoms in total. The second-order valence-corrected chi connectivity index (χ2v) is 5.94. The van der Waals surface area contributed by atoms with Crippen LogP contribution >= 0.6 is 0 Å². The van der Waals surface area contributed by atoms with Gasteiger partial charge in [0.25, 0.3) is 0 Å². The smallest absolute Gasteiger partial charge is 0.119 e. The van der Waals surface area contributed by atoms with Crippen molar-refractivity contribution in [3.05, 3.63) is 28.8 Å². The number of rotatable bonds is 1. The maximum Gasteiger partial charge on any atom is 0.119 e. The van der Waals surface area contributed by atoms with Gasteiger partial charge in [-0.05, 0) is 54.5 Å². The highest BCUT2D eigenvalue weighted by atomic mass is 16.5. The molecule has 1 N–H and O–H groups in total. The lowest BCUT2D eigenvalue weighted by Crippen LogP contribution is -2.44. The zero-order valence-corrected chi connectivity index (χ0v) is 11.7. The molecule has 2 unspecified atom stereocenters. The first-order valence-corrected chi connectivity index (χ1v) is 7.10. The minimum Gasteiger partial charge on any atom is -0.497 e. The highest BCUT2D eigenvalue weighted by molar-refractivity contribution is 5.48. The SMILES string of the molecule is COc1cc(C)c2c(c1)C1(CCCCC1C)NC2. The van der Waals surface area contributed by atoms with E-state index < -0.39 is 0 Å². The lowest BCUT2D eigenvalue weighted by Gasteiger charge is -2.41. The quantitative estimate of drug-likeness (QED) is 0.817. The van der Waals surface area contributed by atoms with Crippen LogP contribution in [0, 0.1) is 12.8 Å². The lowest BCUT2D eigenvalue weighted by atomic mass is 9.70. The molecular formula is C16H23NO. The van der Waals surface area contributed by atoms with Crippen molar-refractivity contribution < 1.29 is 4.74 Å². The molecule has 1 aromatic carbocycles. The van der Waals surface area contributed by atoms with Gasteiger partial charge in [-0.2, -0.15) is 0 Å². The van der Waals surface area contributed by atoms with Crippen molar-refractivity contribution in [2.45, 2.75) is 51.6 Å². The molecule has 18 heavy (non-hydrogen) atoms. The Labute approximate surface area is 110 Å². The van der Waals surface area contributed by atoms with E-state index >= 15 is 0 Å². The molecule has 1 heterocycles. The predicted octanol–water partition coefficient (Wildman–Crippen LogP) is 3.51. The molecule has 1 aromatic rings. The molecule has 0 radical (unpaired) electrons. The topological polar surface area (TPSA) is 21.3 Å². The van der Waals surface area contributed by atoms with Crippen LogP contribution in [0.25, 0.3) is 0 Å². The maximum absolute atomic E-state index is 5.46. The summed E-state index contributed by atoms with van der Waals surface area (Å²) in [6, 6.07) is 4.43. The van der Waals surface area contributed by atoms with Gasteiger partial charge in [0.1, 0.15) is 5.75 Å². The van der Waals surface area contributed by atoms with Gasteiger partial charge in [-0.3, -0.25) is 0 Å². The van der Waals surface area contributed by atoms with Crippen LogP contribution < -0.4 is 10.1 Å². The van der Waals surface area contributed by atoms with E-state index in [1.165, 1.54) is 42.4 Å². The largest absolute Gasteiger partial charge is 0.497 e. The number of nitrogens with one attached hydrogen (secondary N) is 1. The summed E-state index contributed by atoms with van der Waals surface area (Å²) in [5.41, 5.74) is 4.59. The van der Waals surface area contributed by atoms with Crippen LogP contribution in [0.15, 0.2) is 12.1 Å². The Morgan fingerprint density at radius 1 is 1.33 bits per heavy atom. The average molecular weight is 245 g/mol. The van der Waals surface area contributed by atoms with E-state index in [1.807, 2.05) is 0 Å². The first-order chi connectivity index (χ1) is 8.67. The third kappa shape index (κ3) is 1.58. The van der Waals surface area contributed by atoms with Gasteiger partial charge in [-0.25, -0.2) is 0 Å². The molecule has 2 aliphatic rings. The van der Waals surface area contributed by atoms with Gasteiger partial charge in [-0.15, -0.1) is 0 Å². The van der Waals surface area contributed by atoms with Gasteiger partial charge in [0.2, 0.25) is 0 Å². The zero-order chi connectivity index (χ0) is 12.8. The number of methoxy groups -OCH3 is 1. The molecule has 0 aromatic heterocycles. The van der Waals surface area contributed by atoms with Crippen LogP contribution in [0.3, 0.4) is 0 Å². The molecule has 0 bridgehead atoms. The summed E-state index contributed by atoms with van der Waals surface area (Å²) < 4.78 is 5.46. The van der Waals surface area contributed by atoms with Crippen molar-refractivity contribution >= 4 is 0 Å². The highest BCUT2D eigenvalue weighted by Crippen LogP contribution is 2.47. The average Bonchev–Trinajstić information content (AvgIpc) is 2.74. The molecule has 2 heteroatoms. The van der Waals surface area contributed by atoms with Crippen molar-refractivity contribution in [1.82, 2.24) is 5.32 Å². The standard InChI is InChI=1S/C16H23NO/c1-11-8-13(18-3)9-15-14(11)10-17-16(15)7-5-4-6-12(16)2/h8-9,12,17H,4-7,10H2,1-3H3. The van der Waals surface area contributed by atoms with Crippen LogP contribution in [0.2, 0.25) is 0 Å². The molecule has 98 valence electrons. The van der Waals surface area contributed by atoms with E-state index in [-0.39, 0.29) is 5.54 Å². The number of ether oxygens (including phenoxy) is 1. The number of hydrogen-bond donors (Lipinski definition) is 1. The van der Waals surface area contributed by atoms with Crippen LogP contribution in [-0.4, -0.2) is 7.11 Å². The number of benzene rings is 1. The van der Waals surface area contributed by atoms with Gasteiger partial charge in [0, 0.05) is 12.1 Å². The third-order valence-corrected chi connectivity index (χ3v) is 5.04. The predicted molar refractivity (Wildman–Crippen MR) is 73.9 cm³/mol. The minimum atomic E-state index is 0.215. The Bertz CT molecular complexity index is 468. The monoisotopic (exact) mass is 245 g/mol. The van der Waals surface area contributed by atoms with E-state index in [4.69, 9.17) is 4.74 Å². The normalized spacial score (nSPS) is 30.5. The lowest BCUT2D eigenvalue weighted by molar-refractivity contribution is 0.167.